The fourth-order valence-corrected chi connectivity index (χ4v) is 3.99. The van der Waals surface area contributed by atoms with Crippen molar-refractivity contribution < 1.29 is 57.9 Å². The van der Waals surface area contributed by atoms with Gasteiger partial charge in [-0.2, -0.15) is 39.5 Å². The Hall–Kier alpha value is -2.87. The summed E-state index contributed by atoms with van der Waals surface area (Å²) in [5, 5.41) is 0.615. The average molecular weight is 644 g/mol. The van der Waals surface area contributed by atoms with Gasteiger partial charge in [0.25, 0.3) is 0 Å². The van der Waals surface area contributed by atoms with Crippen molar-refractivity contribution in [3.8, 4) is 0 Å². The number of carbonyl (C=O) groups excluding carboxylic acids is 2. The molecule has 0 saturated heterocycles. The molecule has 0 aliphatic carbocycles. The molecule has 3 nitrogen and oxygen atoms in total. The Balaban J connectivity index is 2.47. The molecule has 41 heavy (non-hydrogen) atoms. The number of hydrogen-bond acceptors (Lipinski definition) is 2. The van der Waals surface area contributed by atoms with Crippen molar-refractivity contribution >= 4 is 40.7 Å². The van der Waals surface area contributed by atoms with E-state index in [0.717, 1.165) is 6.92 Å². The maximum absolute atomic E-state index is 15.0. The number of alkyl halides is 10. The van der Waals surface area contributed by atoms with Crippen LogP contribution in [0.5, 0.6) is 0 Å². The van der Waals surface area contributed by atoms with Gasteiger partial charge in [0.2, 0.25) is 5.91 Å². The minimum atomic E-state index is -5.33. The van der Waals surface area contributed by atoms with Crippen molar-refractivity contribution in [3.05, 3.63) is 74.3 Å². The molecule has 1 unspecified atom stereocenters. The summed E-state index contributed by atoms with van der Waals surface area (Å²) in [7, 11) is 0. The van der Waals surface area contributed by atoms with Crippen molar-refractivity contribution in [1.82, 2.24) is 5.32 Å². The average Bonchev–Trinajstić information content (AvgIpc) is 2.85. The molecule has 0 radical (unpaired) electrons. The molecule has 16 heteroatoms. The fraction of sp³-hybridized carbons (Fsp3) is 0.360. The van der Waals surface area contributed by atoms with Crippen LogP contribution in [0, 0.1) is 5.92 Å². The van der Waals surface area contributed by atoms with Gasteiger partial charge in [0.1, 0.15) is 25.0 Å². The van der Waals surface area contributed by atoms with Crippen molar-refractivity contribution in [2.75, 3.05) is 6.54 Å². The van der Waals surface area contributed by atoms with Crippen LogP contribution >= 0.6 is 23.2 Å². The van der Waals surface area contributed by atoms with E-state index in [1.165, 1.54) is 5.32 Å². The zero-order valence-corrected chi connectivity index (χ0v) is 22.0. The largest absolute Gasteiger partial charge is 0.417 e. The van der Waals surface area contributed by atoms with Gasteiger partial charge in [-0.25, -0.2) is 8.78 Å². The quantitative estimate of drug-likeness (QED) is 0.219. The van der Waals surface area contributed by atoms with E-state index < -0.39 is 100 Å². The summed E-state index contributed by atoms with van der Waals surface area (Å²) in [6.45, 7) is -2.08. The molecule has 0 saturated carbocycles. The van der Waals surface area contributed by atoms with E-state index in [1.807, 2.05) is 0 Å². The van der Waals surface area contributed by atoms with Crippen LogP contribution in [0.4, 0.5) is 48.3 Å². The Morgan fingerprint density at radius 1 is 0.976 bits per heavy atom. The molecule has 2 aromatic carbocycles. The van der Waals surface area contributed by atoms with Gasteiger partial charge in [-0.15, -0.1) is 0 Å². The van der Waals surface area contributed by atoms with Gasteiger partial charge >= 0.3 is 18.5 Å². The summed E-state index contributed by atoms with van der Waals surface area (Å²) < 4.78 is 148. The predicted octanol–water partition coefficient (Wildman–Crippen LogP) is 9.03. The highest BCUT2D eigenvalue weighted by Gasteiger charge is 2.41. The number of nitrogens with one attached hydrogen (secondary N) is 1. The summed E-state index contributed by atoms with van der Waals surface area (Å²) in [6.07, 6.45) is -16.4. The molecule has 0 aliphatic rings. The maximum atomic E-state index is 15.0. The van der Waals surface area contributed by atoms with E-state index in [-0.39, 0.29) is 17.2 Å². The SMILES string of the molecule is C[C@@H](CC(=O)c1ccc(/C(F)=C/C(c2cc(Cl)c(Cl)c(CF)c2)C(F)(F)F)cc1C(F)(F)F)C(=O)NCC(F)(F)F. The molecule has 1 amide bonds. The molecule has 1 N–H and O–H groups in total. The second-order valence-corrected chi connectivity index (χ2v) is 9.55. The van der Waals surface area contributed by atoms with Gasteiger partial charge in [-0.05, 0) is 23.8 Å². The number of rotatable bonds is 9. The van der Waals surface area contributed by atoms with Gasteiger partial charge in [-0.1, -0.05) is 48.3 Å². The fourth-order valence-electron chi connectivity index (χ4n) is 3.58. The predicted molar refractivity (Wildman–Crippen MR) is 128 cm³/mol. The lowest BCUT2D eigenvalue weighted by Gasteiger charge is -2.20. The monoisotopic (exact) mass is 643 g/mol. The molecule has 2 atom stereocenters. The van der Waals surface area contributed by atoms with Crippen molar-refractivity contribution in [1.29, 1.82) is 0 Å². The van der Waals surface area contributed by atoms with Crippen LogP contribution in [0.2, 0.25) is 10.0 Å². The van der Waals surface area contributed by atoms with Crippen LogP contribution in [0.3, 0.4) is 0 Å². The molecule has 0 spiro atoms. The second-order valence-electron chi connectivity index (χ2n) is 8.76. The van der Waals surface area contributed by atoms with Gasteiger partial charge in [0.15, 0.2) is 5.78 Å². The number of Topliss-reactive ketones (excluding diaryl/α,β-unsaturated/α-hetero) is 1. The van der Waals surface area contributed by atoms with Crippen LogP contribution in [-0.2, 0) is 17.6 Å². The molecule has 2 rings (SSSR count). The molecule has 2 aromatic rings. The van der Waals surface area contributed by atoms with E-state index >= 15 is 0 Å². The zero-order valence-electron chi connectivity index (χ0n) is 20.5. The van der Waals surface area contributed by atoms with Crippen molar-refractivity contribution in [2.45, 2.75) is 44.5 Å². The topological polar surface area (TPSA) is 46.2 Å². The third-order valence-corrected chi connectivity index (χ3v) is 6.44. The molecular formula is C25H18Cl2F11NO2. The molecule has 226 valence electrons. The molecular weight excluding hydrogens is 626 g/mol. The Labute approximate surface area is 235 Å². The first-order valence-corrected chi connectivity index (χ1v) is 12.0. The lowest BCUT2D eigenvalue weighted by molar-refractivity contribution is -0.140. The summed E-state index contributed by atoms with van der Waals surface area (Å²) in [5.74, 6) is -8.69. The highest BCUT2D eigenvalue weighted by atomic mass is 35.5. The number of halogens is 13. The Kier molecular flexibility index (Phi) is 10.9. The maximum Gasteiger partial charge on any atom is 0.417 e. The summed E-state index contributed by atoms with van der Waals surface area (Å²) >= 11 is 11.5. The third kappa shape index (κ3) is 9.32. The zero-order chi connectivity index (χ0) is 31.5. The second kappa shape index (κ2) is 13.0. The number of amides is 1. The third-order valence-electron chi connectivity index (χ3n) is 5.60. The van der Waals surface area contributed by atoms with E-state index in [9.17, 15) is 57.9 Å². The van der Waals surface area contributed by atoms with E-state index in [0.29, 0.717) is 24.3 Å². The van der Waals surface area contributed by atoms with Crippen molar-refractivity contribution in [3.63, 3.8) is 0 Å². The normalized spacial score (nSPS) is 14.5. The van der Waals surface area contributed by atoms with E-state index in [2.05, 4.69) is 0 Å². The standard InChI is InChI=1S/C25H18Cl2F11NO2/c1-11(22(41)39-10-23(30,31)32)4-20(40)15-3-2-12(6-17(15)25(36,37)38)19(29)8-16(24(33,34)35)13-5-14(9-28)21(27)18(26)7-13/h2-3,5-8,11,16H,4,9-10H2,1H3,(H,39,41)/b19-8-/t11-,16?/m0/s1. The minimum absolute atomic E-state index is 0.0639. The Morgan fingerprint density at radius 3 is 2.10 bits per heavy atom. The molecule has 0 bridgehead atoms. The molecule has 0 fully saturated rings. The highest BCUT2D eigenvalue weighted by Crippen LogP contribution is 2.42. The van der Waals surface area contributed by atoms with E-state index in [4.69, 9.17) is 23.2 Å². The van der Waals surface area contributed by atoms with Crippen LogP contribution in [0.1, 0.15) is 51.9 Å². The van der Waals surface area contributed by atoms with Gasteiger partial charge < -0.3 is 5.32 Å². The smallest absolute Gasteiger partial charge is 0.347 e. The first-order chi connectivity index (χ1) is 18.7. The number of carbonyl (C=O) groups is 2. The van der Waals surface area contributed by atoms with Crippen LogP contribution in [0.15, 0.2) is 36.4 Å². The Morgan fingerprint density at radius 2 is 1.59 bits per heavy atom. The van der Waals surface area contributed by atoms with Gasteiger partial charge in [-0.3, -0.25) is 9.59 Å². The van der Waals surface area contributed by atoms with Crippen LogP contribution in [0.25, 0.3) is 5.83 Å². The first-order valence-electron chi connectivity index (χ1n) is 11.2. The lowest BCUT2D eigenvalue weighted by Crippen LogP contribution is -2.37. The minimum Gasteiger partial charge on any atom is -0.347 e. The molecule has 0 aliphatic heterocycles. The van der Waals surface area contributed by atoms with Gasteiger partial charge in [0.05, 0.1) is 15.6 Å². The number of benzene rings is 2. The van der Waals surface area contributed by atoms with Gasteiger partial charge in [0, 0.05) is 29.0 Å². The van der Waals surface area contributed by atoms with Crippen molar-refractivity contribution in [2.24, 2.45) is 5.92 Å². The van der Waals surface area contributed by atoms with E-state index in [1.54, 1.807) is 0 Å². The first kappa shape index (κ1) is 34.3. The summed E-state index contributed by atoms with van der Waals surface area (Å²) in [5.41, 5.74) is -5.06. The lowest BCUT2D eigenvalue weighted by atomic mass is 9.92. The number of ketones is 1. The number of allylic oxidation sites excluding steroid dienone is 1. The molecule has 0 heterocycles. The summed E-state index contributed by atoms with van der Waals surface area (Å²) in [6, 6.07) is 2.49. The van der Waals surface area contributed by atoms with Crippen LogP contribution < -0.4 is 5.32 Å². The van der Waals surface area contributed by atoms with Crippen LogP contribution in [-0.4, -0.2) is 30.6 Å². The summed E-state index contributed by atoms with van der Waals surface area (Å²) in [4.78, 5) is 24.3. The Bertz CT molecular complexity index is 1320. The highest BCUT2D eigenvalue weighted by molar-refractivity contribution is 6.42. The molecule has 0 aromatic heterocycles. The number of hydrogen-bond donors (Lipinski definition) is 1.